The molecule has 0 N–H and O–H groups in total. The molecular weight excluding hydrogens is 426 g/mol. The highest BCUT2D eigenvalue weighted by atomic mass is 32.2. The van der Waals surface area contributed by atoms with Gasteiger partial charge in [-0.3, -0.25) is 9.59 Å². The van der Waals surface area contributed by atoms with Crippen LogP contribution >= 0.6 is 0 Å². The maximum atomic E-state index is 13.5. The minimum absolute atomic E-state index is 0.0329. The van der Waals surface area contributed by atoms with E-state index in [4.69, 9.17) is 0 Å². The summed E-state index contributed by atoms with van der Waals surface area (Å²) in [4.78, 5) is 27.6. The van der Waals surface area contributed by atoms with Gasteiger partial charge in [-0.2, -0.15) is 5.10 Å². The summed E-state index contributed by atoms with van der Waals surface area (Å²) < 4.78 is 25.7. The van der Waals surface area contributed by atoms with E-state index >= 15 is 0 Å². The molecule has 2 heterocycles. The number of hydrogen-bond donors (Lipinski definition) is 0. The number of hydrogen-bond acceptors (Lipinski definition) is 5. The van der Waals surface area contributed by atoms with E-state index in [1.165, 1.54) is 21.8 Å². The van der Waals surface area contributed by atoms with Gasteiger partial charge in [0.1, 0.15) is 0 Å². The van der Waals surface area contributed by atoms with Gasteiger partial charge >= 0.3 is 0 Å². The fourth-order valence-corrected chi connectivity index (χ4v) is 5.54. The van der Waals surface area contributed by atoms with Crippen LogP contribution in [0.4, 0.5) is 0 Å². The van der Waals surface area contributed by atoms with Gasteiger partial charge in [-0.25, -0.2) is 13.1 Å². The Morgan fingerprint density at radius 2 is 1.66 bits per heavy atom. The van der Waals surface area contributed by atoms with Crippen molar-refractivity contribution in [3.63, 3.8) is 0 Å². The summed E-state index contributed by atoms with van der Waals surface area (Å²) in [5, 5.41) is 4.32. The standard InChI is InChI=1S/C24H25N3O4S/c1-17-3-7-19(8-4-17)15-26(21-12-14-32(30,31)16-21)24(29)23-22(28)11-13-27(25-23)20-9-5-18(2)6-10-20/h3-11,13,21H,12,14-16H2,1-2H3/t21-/m1/s1. The summed E-state index contributed by atoms with van der Waals surface area (Å²) in [5.41, 5.74) is 3.04. The van der Waals surface area contributed by atoms with Crippen LogP contribution in [0.15, 0.2) is 65.6 Å². The molecule has 1 aromatic heterocycles. The van der Waals surface area contributed by atoms with Gasteiger partial charge in [0, 0.05) is 24.8 Å². The Kier molecular flexibility index (Phi) is 5.97. The zero-order valence-corrected chi connectivity index (χ0v) is 18.9. The summed E-state index contributed by atoms with van der Waals surface area (Å²) in [5.74, 6) is -0.631. The number of rotatable bonds is 5. The Morgan fingerprint density at radius 3 is 2.25 bits per heavy atom. The van der Waals surface area contributed by atoms with Gasteiger partial charge < -0.3 is 4.90 Å². The van der Waals surface area contributed by atoms with E-state index < -0.39 is 27.2 Å². The second-order valence-corrected chi connectivity index (χ2v) is 10.5. The number of aryl methyl sites for hydroxylation is 2. The second-order valence-electron chi connectivity index (χ2n) is 8.28. The molecule has 1 fully saturated rings. The number of nitrogens with zero attached hydrogens (tertiary/aromatic N) is 3. The molecule has 166 valence electrons. The highest BCUT2D eigenvalue weighted by Gasteiger charge is 2.36. The predicted octanol–water partition coefficient (Wildman–Crippen LogP) is 2.68. The van der Waals surface area contributed by atoms with Crippen molar-refractivity contribution in [2.45, 2.75) is 32.9 Å². The van der Waals surface area contributed by atoms with Gasteiger partial charge in [0.25, 0.3) is 5.91 Å². The molecule has 8 heteroatoms. The lowest BCUT2D eigenvalue weighted by atomic mass is 10.1. The third kappa shape index (κ3) is 4.80. The largest absolute Gasteiger partial charge is 0.329 e. The summed E-state index contributed by atoms with van der Waals surface area (Å²) in [6.45, 7) is 4.15. The third-order valence-electron chi connectivity index (χ3n) is 5.69. The highest BCUT2D eigenvalue weighted by molar-refractivity contribution is 7.91. The molecule has 1 amide bonds. The van der Waals surface area contributed by atoms with Crippen molar-refractivity contribution < 1.29 is 13.2 Å². The number of amides is 1. The molecule has 0 bridgehead atoms. The van der Waals surface area contributed by atoms with Gasteiger partial charge in [-0.15, -0.1) is 0 Å². The van der Waals surface area contributed by atoms with Crippen LogP contribution in [0.1, 0.15) is 33.6 Å². The van der Waals surface area contributed by atoms with E-state index in [0.29, 0.717) is 6.42 Å². The fraction of sp³-hybridized carbons (Fsp3) is 0.292. The van der Waals surface area contributed by atoms with Gasteiger partial charge in [0.15, 0.2) is 15.5 Å². The molecule has 1 saturated heterocycles. The van der Waals surface area contributed by atoms with E-state index in [2.05, 4.69) is 5.10 Å². The van der Waals surface area contributed by atoms with Crippen LogP contribution in [-0.2, 0) is 16.4 Å². The van der Waals surface area contributed by atoms with Gasteiger partial charge in [-0.1, -0.05) is 47.5 Å². The molecule has 0 unspecified atom stereocenters. The average Bonchev–Trinajstić information content (AvgIpc) is 3.13. The van der Waals surface area contributed by atoms with E-state index in [-0.39, 0.29) is 23.7 Å². The van der Waals surface area contributed by atoms with E-state index in [1.807, 2.05) is 62.4 Å². The fourth-order valence-electron chi connectivity index (χ4n) is 3.81. The highest BCUT2D eigenvalue weighted by Crippen LogP contribution is 2.22. The molecule has 7 nitrogen and oxygen atoms in total. The lowest BCUT2D eigenvalue weighted by Crippen LogP contribution is -2.43. The Balaban J connectivity index is 1.71. The Labute approximate surface area is 187 Å². The minimum Gasteiger partial charge on any atom is -0.329 e. The molecule has 1 aliphatic rings. The third-order valence-corrected chi connectivity index (χ3v) is 7.44. The van der Waals surface area contributed by atoms with Crippen molar-refractivity contribution in [3.8, 4) is 5.69 Å². The Hall–Kier alpha value is -3.26. The molecule has 2 aromatic carbocycles. The average molecular weight is 452 g/mol. The van der Waals surface area contributed by atoms with Crippen molar-refractivity contribution in [3.05, 3.63) is 93.4 Å². The quantitative estimate of drug-likeness (QED) is 0.595. The van der Waals surface area contributed by atoms with Crippen LogP contribution in [0.25, 0.3) is 5.69 Å². The van der Waals surface area contributed by atoms with Crippen molar-refractivity contribution in [1.29, 1.82) is 0 Å². The molecule has 1 aliphatic heterocycles. The summed E-state index contributed by atoms with van der Waals surface area (Å²) >= 11 is 0. The van der Waals surface area contributed by atoms with Crippen LogP contribution < -0.4 is 5.43 Å². The van der Waals surface area contributed by atoms with Crippen molar-refractivity contribution in [2.24, 2.45) is 0 Å². The van der Waals surface area contributed by atoms with Gasteiger partial charge in [0.2, 0.25) is 5.43 Å². The number of benzene rings is 2. The first kappa shape index (κ1) is 22.0. The first-order valence-electron chi connectivity index (χ1n) is 10.5. The van der Waals surface area contributed by atoms with Crippen LogP contribution in [0, 0.1) is 13.8 Å². The summed E-state index contributed by atoms with van der Waals surface area (Å²) in [6, 6.07) is 16.1. The molecular formula is C24H25N3O4S. The monoisotopic (exact) mass is 451 g/mol. The maximum Gasteiger partial charge on any atom is 0.278 e. The van der Waals surface area contributed by atoms with Crippen LogP contribution in [0.2, 0.25) is 0 Å². The minimum atomic E-state index is -3.22. The first-order valence-corrected chi connectivity index (χ1v) is 12.3. The van der Waals surface area contributed by atoms with Gasteiger partial charge in [0.05, 0.1) is 17.2 Å². The number of aromatic nitrogens is 2. The SMILES string of the molecule is Cc1ccc(CN(C(=O)c2nn(-c3ccc(C)cc3)ccc2=O)[C@@H]2CCS(=O)(=O)C2)cc1. The summed E-state index contributed by atoms with van der Waals surface area (Å²) in [7, 11) is -3.22. The summed E-state index contributed by atoms with van der Waals surface area (Å²) in [6.07, 6.45) is 1.87. The molecule has 3 aromatic rings. The Bertz CT molecular complexity index is 1300. The number of sulfone groups is 1. The molecule has 0 radical (unpaired) electrons. The smallest absolute Gasteiger partial charge is 0.278 e. The van der Waals surface area contributed by atoms with E-state index in [9.17, 15) is 18.0 Å². The van der Waals surface area contributed by atoms with Crippen LogP contribution in [-0.4, -0.2) is 46.6 Å². The van der Waals surface area contributed by atoms with Crippen LogP contribution in [0.3, 0.4) is 0 Å². The topological polar surface area (TPSA) is 89.3 Å². The lowest BCUT2D eigenvalue weighted by molar-refractivity contribution is 0.0671. The molecule has 4 rings (SSSR count). The normalized spacial score (nSPS) is 17.2. The van der Waals surface area contributed by atoms with E-state index in [1.54, 1.807) is 0 Å². The van der Waals surface area contributed by atoms with Crippen molar-refractivity contribution in [2.75, 3.05) is 11.5 Å². The zero-order valence-electron chi connectivity index (χ0n) is 18.1. The Morgan fingerprint density at radius 1 is 1.03 bits per heavy atom. The predicted molar refractivity (Wildman–Crippen MR) is 123 cm³/mol. The number of carbonyl (C=O) groups is 1. The zero-order chi connectivity index (χ0) is 22.9. The molecule has 0 aliphatic carbocycles. The molecule has 1 atom stereocenters. The van der Waals surface area contributed by atoms with Crippen molar-refractivity contribution in [1.82, 2.24) is 14.7 Å². The second kappa shape index (κ2) is 8.70. The van der Waals surface area contributed by atoms with Crippen LogP contribution in [0.5, 0.6) is 0 Å². The van der Waals surface area contributed by atoms with Crippen molar-refractivity contribution >= 4 is 15.7 Å². The van der Waals surface area contributed by atoms with E-state index in [0.717, 1.165) is 22.4 Å². The van der Waals surface area contributed by atoms with Gasteiger partial charge in [-0.05, 0) is 38.0 Å². The molecule has 32 heavy (non-hydrogen) atoms. The first-order chi connectivity index (χ1) is 15.2. The lowest BCUT2D eigenvalue weighted by Gasteiger charge is -2.28. The molecule has 0 spiro atoms. The molecule has 0 saturated carbocycles. The maximum absolute atomic E-state index is 13.5. The number of carbonyl (C=O) groups excluding carboxylic acids is 1.